The van der Waals surface area contributed by atoms with Gasteiger partial charge in [-0.1, -0.05) is 35.0 Å². The van der Waals surface area contributed by atoms with Crippen LogP contribution in [0.4, 0.5) is 0 Å². The quantitative estimate of drug-likeness (QED) is 0.231. The van der Waals surface area contributed by atoms with E-state index in [0.29, 0.717) is 37.8 Å². The van der Waals surface area contributed by atoms with Crippen LogP contribution in [0.5, 0.6) is 5.75 Å². The Labute approximate surface area is 225 Å². The maximum absolute atomic E-state index is 13.1. The van der Waals surface area contributed by atoms with Crippen molar-refractivity contribution in [2.45, 2.75) is 20.0 Å². The number of carboxylic acid groups (broad SMARTS) is 1. The number of halogens is 3. The van der Waals surface area contributed by atoms with Crippen molar-refractivity contribution in [3.8, 4) is 5.75 Å². The molecule has 0 atom stereocenters. The van der Waals surface area contributed by atoms with Gasteiger partial charge in [-0.3, -0.25) is 4.79 Å². The van der Waals surface area contributed by atoms with Crippen molar-refractivity contribution in [3.05, 3.63) is 101 Å². The summed E-state index contributed by atoms with van der Waals surface area (Å²) in [5.41, 5.74) is 2.05. The average Bonchev–Trinajstić information content (AvgIpc) is 2.83. The van der Waals surface area contributed by atoms with Crippen molar-refractivity contribution in [2.24, 2.45) is 5.10 Å². The Morgan fingerprint density at radius 2 is 1.86 bits per heavy atom. The van der Waals surface area contributed by atoms with Crippen LogP contribution in [0.3, 0.4) is 0 Å². The van der Waals surface area contributed by atoms with Crippen molar-refractivity contribution < 1.29 is 14.6 Å². The van der Waals surface area contributed by atoms with Crippen LogP contribution >= 0.6 is 47.8 Å². The minimum absolute atomic E-state index is 0.194. The topological polar surface area (TPSA) is 93.8 Å². The molecule has 0 aliphatic heterocycles. The van der Waals surface area contributed by atoms with Gasteiger partial charge >= 0.3 is 5.97 Å². The Morgan fingerprint density at radius 1 is 1.11 bits per heavy atom. The number of aromatic nitrogens is 2. The zero-order chi connectivity index (χ0) is 25.1. The monoisotopic (exact) mass is 661 g/mol. The maximum atomic E-state index is 13.1. The molecule has 3 aromatic carbocycles. The molecule has 0 saturated heterocycles. The van der Waals surface area contributed by atoms with E-state index in [2.05, 4.69) is 57.9 Å². The first kappa shape index (κ1) is 25.3. The lowest BCUT2D eigenvalue weighted by Gasteiger charge is -2.12. The number of carboxylic acids is 1. The summed E-state index contributed by atoms with van der Waals surface area (Å²) in [5.74, 6) is 0.131. The van der Waals surface area contributed by atoms with Crippen LogP contribution in [0.25, 0.3) is 10.9 Å². The molecule has 0 spiro atoms. The second-order valence-corrected chi connectivity index (χ2v) is 10.1. The fraction of sp³-hybridized carbons (Fsp3) is 0.120. The van der Waals surface area contributed by atoms with Gasteiger partial charge in [0.25, 0.3) is 5.56 Å². The van der Waals surface area contributed by atoms with Gasteiger partial charge in [-0.25, -0.2) is 9.78 Å². The third-order valence-corrected chi connectivity index (χ3v) is 6.76. The molecular formula is C25H18Br3N3O4. The summed E-state index contributed by atoms with van der Waals surface area (Å²) in [7, 11) is 0. The predicted octanol–water partition coefficient (Wildman–Crippen LogP) is 6.41. The molecule has 4 rings (SSSR count). The fourth-order valence-corrected chi connectivity index (χ4v) is 5.22. The van der Waals surface area contributed by atoms with Crippen molar-refractivity contribution in [3.63, 3.8) is 0 Å². The van der Waals surface area contributed by atoms with Crippen molar-refractivity contribution in [1.29, 1.82) is 0 Å². The van der Waals surface area contributed by atoms with Gasteiger partial charge in [0.05, 0.1) is 31.6 Å². The van der Waals surface area contributed by atoms with E-state index in [9.17, 15) is 9.59 Å². The summed E-state index contributed by atoms with van der Waals surface area (Å²) in [4.78, 5) is 28.8. The van der Waals surface area contributed by atoms with Gasteiger partial charge in [0.15, 0.2) is 0 Å². The number of hydrogen-bond donors (Lipinski definition) is 1. The third-order valence-electron chi connectivity index (χ3n) is 5.09. The molecule has 1 aromatic heterocycles. The first-order valence-corrected chi connectivity index (χ1v) is 12.8. The van der Waals surface area contributed by atoms with E-state index in [1.54, 1.807) is 36.5 Å². The Balaban J connectivity index is 1.61. The number of fused-ring (bicyclic) bond motifs is 1. The van der Waals surface area contributed by atoms with E-state index >= 15 is 0 Å². The maximum Gasteiger partial charge on any atom is 0.335 e. The molecule has 35 heavy (non-hydrogen) atoms. The molecule has 0 aliphatic carbocycles. The van der Waals surface area contributed by atoms with Gasteiger partial charge in [-0.2, -0.15) is 9.78 Å². The van der Waals surface area contributed by atoms with E-state index in [1.807, 2.05) is 25.1 Å². The largest absolute Gasteiger partial charge is 0.487 e. The molecule has 0 saturated carbocycles. The third kappa shape index (κ3) is 5.71. The molecular weight excluding hydrogens is 646 g/mol. The normalized spacial score (nSPS) is 11.3. The highest BCUT2D eigenvalue weighted by Crippen LogP contribution is 2.35. The molecule has 10 heteroatoms. The lowest BCUT2D eigenvalue weighted by Crippen LogP contribution is -2.22. The van der Waals surface area contributed by atoms with Crippen LogP contribution < -0.4 is 10.3 Å². The average molecular weight is 664 g/mol. The first-order valence-electron chi connectivity index (χ1n) is 10.5. The molecule has 0 unspecified atom stereocenters. The number of nitrogens with zero attached hydrogens (tertiary/aromatic N) is 3. The number of carbonyl (C=O) groups is 1. The van der Waals surface area contributed by atoms with Crippen LogP contribution in [0.1, 0.15) is 34.2 Å². The number of hydrogen-bond acceptors (Lipinski definition) is 5. The highest BCUT2D eigenvalue weighted by Gasteiger charge is 2.12. The lowest BCUT2D eigenvalue weighted by atomic mass is 10.1. The van der Waals surface area contributed by atoms with Crippen molar-refractivity contribution in [1.82, 2.24) is 9.66 Å². The summed E-state index contributed by atoms with van der Waals surface area (Å²) in [6.07, 6.45) is 2.13. The number of aromatic carboxylic acids is 1. The molecule has 1 heterocycles. The molecule has 178 valence electrons. The Kier molecular flexibility index (Phi) is 7.83. The summed E-state index contributed by atoms with van der Waals surface area (Å²) in [5, 5.41) is 14.1. The number of benzene rings is 3. The van der Waals surface area contributed by atoms with Crippen LogP contribution in [-0.2, 0) is 13.0 Å². The summed E-state index contributed by atoms with van der Waals surface area (Å²) in [6.45, 7) is 2.11. The van der Waals surface area contributed by atoms with Crippen molar-refractivity contribution in [2.75, 3.05) is 0 Å². The van der Waals surface area contributed by atoms with Gasteiger partial charge in [0.2, 0.25) is 0 Å². The Bertz CT molecular complexity index is 1510. The van der Waals surface area contributed by atoms with Gasteiger partial charge < -0.3 is 9.84 Å². The smallest absolute Gasteiger partial charge is 0.335 e. The highest BCUT2D eigenvalue weighted by molar-refractivity contribution is 9.11. The zero-order valence-corrected chi connectivity index (χ0v) is 23.1. The second-order valence-electron chi connectivity index (χ2n) is 7.51. The van der Waals surface area contributed by atoms with E-state index < -0.39 is 5.97 Å². The molecule has 0 amide bonds. The molecule has 4 aromatic rings. The number of ether oxygens (including phenoxy) is 1. The molecule has 0 fully saturated rings. The molecule has 7 nitrogen and oxygen atoms in total. The fourth-order valence-electron chi connectivity index (χ4n) is 3.41. The van der Waals surface area contributed by atoms with E-state index in [4.69, 9.17) is 9.84 Å². The summed E-state index contributed by atoms with van der Waals surface area (Å²) >= 11 is 10.4. The minimum atomic E-state index is -0.988. The van der Waals surface area contributed by atoms with E-state index in [1.165, 1.54) is 10.7 Å². The van der Waals surface area contributed by atoms with Crippen molar-refractivity contribution >= 4 is 70.9 Å². The lowest BCUT2D eigenvalue weighted by molar-refractivity contribution is 0.0696. The number of aryl methyl sites for hydroxylation is 1. The van der Waals surface area contributed by atoms with Crippen LogP contribution in [0, 0.1) is 0 Å². The molecule has 0 radical (unpaired) electrons. The predicted molar refractivity (Wildman–Crippen MR) is 146 cm³/mol. The number of rotatable bonds is 7. The molecule has 0 aliphatic rings. The van der Waals surface area contributed by atoms with Crippen LogP contribution in [0.2, 0.25) is 0 Å². The standard InChI is InChI=1S/C25H18Br3N3O4/c1-2-22-30-21-7-6-17(26)11-18(21)24(32)31(22)29-12-15-9-19(27)23(20(28)10-15)35-13-14-4-3-5-16(8-14)25(33)34/h3-12H,2,13H2,1H3,(H,33,34). The molecule has 1 N–H and O–H groups in total. The second kappa shape index (κ2) is 10.8. The zero-order valence-electron chi connectivity index (χ0n) is 18.3. The summed E-state index contributed by atoms with van der Waals surface area (Å²) < 4.78 is 9.37. The highest BCUT2D eigenvalue weighted by atomic mass is 79.9. The minimum Gasteiger partial charge on any atom is -0.487 e. The van der Waals surface area contributed by atoms with Gasteiger partial charge in [0, 0.05) is 10.9 Å². The van der Waals surface area contributed by atoms with Gasteiger partial charge in [-0.15, -0.1) is 0 Å². The summed E-state index contributed by atoms with van der Waals surface area (Å²) in [6, 6.07) is 15.6. The SMILES string of the molecule is CCc1nc2ccc(Br)cc2c(=O)n1N=Cc1cc(Br)c(OCc2cccc(C(=O)O)c2)c(Br)c1. The molecule has 0 bridgehead atoms. The van der Waals surface area contributed by atoms with Crippen LogP contribution in [-0.4, -0.2) is 27.0 Å². The van der Waals surface area contributed by atoms with Gasteiger partial charge in [0.1, 0.15) is 18.2 Å². The Morgan fingerprint density at radius 3 is 2.54 bits per heavy atom. The van der Waals surface area contributed by atoms with Crippen LogP contribution in [0.15, 0.2) is 77.9 Å². The van der Waals surface area contributed by atoms with Gasteiger partial charge in [-0.05, 0) is 85.5 Å². The Hall–Kier alpha value is -2.82. The van der Waals surface area contributed by atoms with E-state index in [0.717, 1.165) is 15.6 Å². The van der Waals surface area contributed by atoms with E-state index in [-0.39, 0.29) is 17.7 Å². The first-order chi connectivity index (χ1) is 16.8.